The maximum Gasteiger partial charge on any atom is 0.152 e. The standard InChI is InChI=1S/C41H31N3/c1-29(30-13-4-2-5-14-30)27-38(32-15-6-3-7-16-32)43-41(42)34-18-12-17-33(28-34)31-23-25-35(26-24-31)44-39-21-10-8-19-36(39)37-20-9-11-22-40(37)44/h2-28,42H,1H3/b29-27+,42-41?,43-38+. The Bertz CT molecular complexity index is 2110. The minimum Gasteiger partial charge on any atom is -0.309 e. The molecule has 0 radical (unpaired) electrons. The zero-order valence-electron chi connectivity index (χ0n) is 24.5. The average molecular weight is 566 g/mol. The van der Waals surface area contributed by atoms with Crippen LogP contribution in [0.25, 0.3) is 44.2 Å². The molecule has 0 saturated heterocycles. The second kappa shape index (κ2) is 11.8. The molecular formula is C41H31N3. The van der Waals surface area contributed by atoms with Gasteiger partial charge in [-0.25, -0.2) is 4.99 Å². The highest BCUT2D eigenvalue weighted by atomic mass is 15.0. The lowest BCUT2D eigenvalue weighted by atomic mass is 10.0. The molecule has 1 N–H and O–H groups in total. The number of hydrogen-bond acceptors (Lipinski definition) is 1. The van der Waals surface area contributed by atoms with Crippen LogP contribution in [0.2, 0.25) is 0 Å². The van der Waals surface area contributed by atoms with Crippen LogP contribution in [-0.4, -0.2) is 16.1 Å². The summed E-state index contributed by atoms with van der Waals surface area (Å²) in [5, 5.41) is 11.5. The van der Waals surface area contributed by atoms with E-state index in [1.54, 1.807) is 0 Å². The van der Waals surface area contributed by atoms with E-state index in [0.29, 0.717) is 0 Å². The predicted octanol–water partition coefficient (Wildman–Crippen LogP) is 10.4. The Morgan fingerprint density at radius 1 is 0.545 bits per heavy atom. The lowest BCUT2D eigenvalue weighted by Crippen LogP contribution is -2.04. The highest BCUT2D eigenvalue weighted by Crippen LogP contribution is 2.32. The summed E-state index contributed by atoms with van der Waals surface area (Å²) in [6.45, 7) is 2.08. The number of benzene rings is 6. The number of aliphatic imine (C=N–C) groups is 1. The average Bonchev–Trinajstić information content (AvgIpc) is 3.43. The van der Waals surface area contributed by atoms with Gasteiger partial charge in [0.25, 0.3) is 0 Å². The number of rotatable bonds is 6. The van der Waals surface area contributed by atoms with Gasteiger partial charge < -0.3 is 4.57 Å². The van der Waals surface area contributed by atoms with E-state index in [1.165, 1.54) is 21.8 Å². The van der Waals surface area contributed by atoms with Crippen molar-refractivity contribution in [3.8, 4) is 16.8 Å². The van der Waals surface area contributed by atoms with E-state index in [4.69, 9.17) is 10.4 Å². The third-order valence-corrected chi connectivity index (χ3v) is 8.06. The van der Waals surface area contributed by atoms with E-state index in [9.17, 15) is 0 Å². The number of amidine groups is 1. The summed E-state index contributed by atoms with van der Waals surface area (Å²) < 4.78 is 2.32. The fourth-order valence-corrected chi connectivity index (χ4v) is 5.81. The first-order valence-corrected chi connectivity index (χ1v) is 14.8. The Morgan fingerprint density at radius 3 is 1.73 bits per heavy atom. The van der Waals surface area contributed by atoms with Gasteiger partial charge in [0.2, 0.25) is 0 Å². The van der Waals surface area contributed by atoms with Crippen LogP contribution in [-0.2, 0) is 0 Å². The number of nitrogens with one attached hydrogen (secondary N) is 1. The second-order valence-corrected chi connectivity index (χ2v) is 10.9. The first-order valence-electron chi connectivity index (χ1n) is 14.8. The number of nitrogens with zero attached hydrogens (tertiary/aromatic N) is 2. The lowest BCUT2D eigenvalue weighted by Gasteiger charge is -2.10. The van der Waals surface area contributed by atoms with Crippen LogP contribution < -0.4 is 0 Å². The van der Waals surface area contributed by atoms with Crippen molar-refractivity contribution < 1.29 is 0 Å². The van der Waals surface area contributed by atoms with Gasteiger partial charge in [0.1, 0.15) is 0 Å². The van der Waals surface area contributed by atoms with Crippen molar-refractivity contribution >= 4 is 38.9 Å². The predicted molar refractivity (Wildman–Crippen MR) is 186 cm³/mol. The van der Waals surface area contributed by atoms with Crippen LogP contribution >= 0.6 is 0 Å². The van der Waals surface area contributed by atoms with Gasteiger partial charge in [-0.3, -0.25) is 5.41 Å². The van der Waals surface area contributed by atoms with Gasteiger partial charge in [-0.05, 0) is 65.6 Å². The van der Waals surface area contributed by atoms with E-state index in [2.05, 4.69) is 115 Å². The molecule has 7 rings (SSSR count). The molecular weight excluding hydrogens is 534 g/mol. The Morgan fingerprint density at radius 2 is 1.09 bits per heavy atom. The van der Waals surface area contributed by atoms with Crippen LogP contribution in [0.3, 0.4) is 0 Å². The largest absolute Gasteiger partial charge is 0.309 e. The quantitative estimate of drug-likeness (QED) is 0.154. The molecule has 0 atom stereocenters. The summed E-state index contributed by atoms with van der Waals surface area (Å²) in [5.41, 5.74) is 10.4. The summed E-state index contributed by atoms with van der Waals surface area (Å²) >= 11 is 0. The van der Waals surface area contributed by atoms with E-state index in [-0.39, 0.29) is 5.84 Å². The second-order valence-electron chi connectivity index (χ2n) is 10.9. The van der Waals surface area contributed by atoms with Crippen molar-refractivity contribution in [3.05, 3.63) is 180 Å². The topological polar surface area (TPSA) is 41.1 Å². The molecule has 6 aromatic carbocycles. The van der Waals surface area contributed by atoms with Gasteiger partial charge >= 0.3 is 0 Å². The van der Waals surface area contributed by atoms with E-state index < -0.39 is 0 Å². The van der Waals surface area contributed by atoms with Crippen molar-refractivity contribution in [2.24, 2.45) is 4.99 Å². The number of allylic oxidation sites excluding steroid dienone is 2. The third kappa shape index (κ3) is 5.28. The highest BCUT2D eigenvalue weighted by molar-refractivity contribution is 6.18. The van der Waals surface area contributed by atoms with Crippen LogP contribution in [0.5, 0.6) is 0 Å². The monoisotopic (exact) mass is 565 g/mol. The van der Waals surface area contributed by atoms with Crippen LogP contribution in [0.1, 0.15) is 23.6 Å². The lowest BCUT2D eigenvalue weighted by molar-refractivity contribution is 1.18. The zero-order chi connectivity index (χ0) is 29.9. The van der Waals surface area contributed by atoms with Gasteiger partial charge in [-0.15, -0.1) is 0 Å². The van der Waals surface area contributed by atoms with Gasteiger partial charge in [0.05, 0.1) is 16.7 Å². The SMILES string of the molecule is C/C(=C\C(=N/C(=N)c1cccc(-c2ccc(-n3c4ccccc4c4ccccc43)cc2)c1)c1ccccc1)c1ccccc1. The fraction of sp³-hybridized carbons (Fsp3) is 0.0244. The van der Waals surface area contributed by atoms with E-state index in [1.807, 2.05) is 60.7 Å². The minimum absolute atomic E-state index is 0.227. The number of fused-ring (bicyclic) bond motifs is 3. The Hall–Kier alpha value is -5.80. The normalized spacial score (nSPS) is 12.1. The maximum atomic E-state index is 8.98. The summed E-state index contributed by atoms with van der Waals surface area (Å²) in [5.74, 6) is 0.227. The fourth-order valence-electron chi connectivity index (χ4n) is 5.81. The number of aromatic nitrogens is 1. The molecule has 0 unspecified atom stereocenters. The van der Waals surface area contributed by atoms with E-state index in [0.717, 1.165) is 44.8 Å². The molecule has 0 fully saturated rings. The van der Waals surface area contributed by atoms with Gasteiger partial charge in [-0.1, -0.05) is 127 Å². The molecule has 0 aliphatic carbocycles. The maximum absolute atomic E-state index is 8.98. The highest BCUT2D eigenvalue weighted by Gasteiger charge is 2.12. The van der Waals surface area contributed by atoms with Crippen molar-refractivity contribution in [2.45, 2.75) is 6.92 Å². The first-order chi connectivity index (χ1) is 21.7. The van der Waals surface area contributed by atoms with Crippen molar-refractivity contribution in [1.29, 1.82) is 5.41 Å². The molecule has 7 aromatic rings. The van der Waals surface area contributed by atoms with Gasteiger partial charge in [0, 0.05) is 27.6 Å². The molecule has 0 aliphatic heterocycles. The van der Waals surface area contributed by atoms with Crippen molar-refractivity contribution in [1.82, 2.24) is 4.57 Å². The van der Waals surface area contributed by atoms with Crippen molar-refractivity contribution in [2.75, 3.05) is 0 Å². The van der Waals surface area contributed by atoms with Crippen LogP contribution in [0.15, 0.2) is 169 Å². The summed E-state index contributed by atoms with van der Waals surface area (Å²) in [4.78, 5) is 4.84. The van der Waals surface area contributed by atoms with Crippen molar-refractivity contribution in [3.63, 3.8) is 0 Å². The molecule has 1 heterocycles. The molecule has 210 valence electrons. The van der Waals surface area contributed by atoms with Crippen LogP contribution in [0, 0.1) is 5.41 Å². The molecule has 0 amide bonds. The minimum atomic E-state index is 0.227. The molecule has 44 heavy (non-hydrogen) atoms. The third-order valence-electron chi connectivity index (χ3n) is 8.06. The molecule has 0 aliphatic rings. The Labute approximate surface area is 257 Å². The van der Waals surface area contributed by atoms with Gasteiger partial charge in [-0.2, -0.15) is 0 Å². The molecule has 0 saturated carbocycles. The Kier molecular flexibility index (Phi) is 7.27. The molecule has 0 spiro atoms. The zero-order valence-corrected chi connectivity index (χ0v) is 24.5. The van der Waals surface area contributed by atoms with E-state index >= 15 is 0 Å². The Balaban J connectivity index is 1.22. The number of para-hydroxylation sites is 2. The molecule has 0 bridgehead atoms. The molecule has 3 nitrogen and oxygen atoms in total. The van der Waals surface area contributed by atoms with Crippen LogP contribution in [0.4, 0.5) is 0 Å². The number of hydrogen-bond donors (Lipinski definition) is 1. The first kappa shape index (κ1) is 27.1. The summed E-state index contributed by atoms with van der Waals surface area (Å²) in [6, 6.07) is 54.2. The summed E-state index contributed by atoms with van der Waals surface area (Å²) in [6.07, 6.45) is 2.07. The smallest absolute Gasteiger partial charge is 0.152 e. The molecule has 1 aromatic heterocycles. The molecule has 3 heteroatoms. The summed E-state index contributed by atoms with van der Waals surface area (Å²) in [7, 11) is 0. The van der Waals surface area contributed by atoms with Gasteiger partial charge in [0.15, 0.2) is 5.84 Å².